The minimum atomic E-state index is -3.67. The molecule has 2 heterocycles. The van der Waals surface area contributed by atoms with Crippen LogP contribution in [0.1, 0.15) is 22.5 Å². The predicted octanol–water partition coefficient (Wildman–Crippen LogP) is 1.67. The summed E-state index contributed by atoms with van der Waals surface area (Å²) in [6.45, 7) is 5.52. The molecule has 1 aliphatic heterocycles. The lowest BCUT2D eigenvalue weighted by Crippen LogP contribution is -2.51. The smallest absolute Gasteiger partial charge is 0.357 e. The van der Waals surface area contributed by atoms with Crippen LogP contribution in [0, 0.1) is 20.8 Å². The van der Waals surface area contributed by atoms with Crippen molar-refractivity contribution < 1.29 is 22.7 Å². The number of ether oxygens (including phenoxy) is 1. The summed E-state index contributed by atoms with van der Waals surface area (Å²) in [4.78, 5) is 27.4. The molecule has 0 radical (unpaired) electrons. The van der Waals surface area contributed by atoms with Crippen molar-refractivity contribution in [2.24, 2.45) is 0 Å². The fourth-order valence-corrected chi connectivity index (χ4v) is 5.69. The summed E-state index contributed by atoms with van der Waals surface area (Å²) < 4.78 is 34.1. The van der Waals surface area contributed by atoms with Gasteiger partial charge in [-0.3, -0.25) is 4.79 Å². The van der Waals surface area contributed by atoms with Gasteiger partial charge in [-0.2, -0.15) is 8.99 Å². The van der Waals surface area contributed by atoms with E-state index >= 15 is 0 Å². The molecule has 194 valence electrons. The molecule has 0 N–H and O–H groups in total. The molecule has 0 aliphatic carbocycles. The molecule has 0 unspecified atom stereocenters. The van der Waals surface area contributed by atoms with Gasteiger partial charge >= 0.3 is 5.97 Å². The first-order valence-electron chi connectivity index (χ1n) is 11.7. The Bertz CT molecular complexity index is 1430. The molecule has 11 nitrogen and oxygen atoms in total. The van der Waals surface area contributed by atoms with Gasteiger partial charge in [0.1, 0.15) is 0 Å². The average Bonchev–Trinajstić information content (AvgIpc) is 3.31. The number of carbonyl (C=O) groups excluding carboxylic acids is 2. The van der Waals surface area contributed by atoms with Crippen LogP contribution in [-0.4, -0.2) is 82.5 Å². The number of esters is 1. The molecular formula is C25H28N6O5S. The number of aryl methyl sites for hydroxylation is 3. The van der Waals surface area contributed by atoms with Crippen LogP contribution in [0.15, 0.2) is 53.4 Å². The van der Waals surface area contributed by atoms with E-state index in [9.17, 15) is 18.0 Å². The van der Waals surface area contributed by atoms with Crippen molar-refractivity contribution in [1.82, 2.24) is 29.4 Å². The maximum absolute atomic E-state index is 13.1. The van der Waals surface area contributed by atoms with E-state index in [2.05, 4.69) is 15.5 Å². The van der Waals surface area contributed by atoms with E-state index in [1.54, 1.807) is 32.1 Å². The number of tetrazole rings is 1. The van der Waals surface area contributed by atoms with Crippen LogP contribution in [-0.2, 0) is 24.3 Å². The third kappa shape index (κ3) is 5.92. The van der Waals surface area contributed by atoms with Crippen LogP contribution >= 0.6 is 0 Å². The molecule has 0 bridgehead atoms. The van der Waals surface area contributed by atoms with Gasteiger partial charge < -0.3 is 9.64 Å². The zero-order valence-corrected chi connectivity index (χ0v) is 21.7. The van der Waals surface area contributed by atoms with E-state index < -0.39 is 28.5 Å². The zero-order valence-electron chi connectivity index (χ0n) is 20.9. The quantitative estimate of drug-likeness (QED) is 0.337. The van der Waals surface area contributed by atoms with Crippen molar-refractivity contribution in [3.63, 3.8) is 0 Å². The van der Waals surface area contributed by atoms with Gasteiger partial charge in [0.05, 0.1) is 4.90 Å². The molecule has 3 aromatic rings. The van der Waals surface area contributed by atoms with Gasteiger partial charge in [0, 0.05) is 26.2 Å². The number of piperazine rings is 1. The molecule has 2 aromatic carbocycles. The minimum Gasteiger partial charge on any atom is -0.451 e. The second-order valence-electron chi connectivity index (χ2n) is 8.71. The Morgan fingerprint density at radius 2 is 1.70 bits per heavy atom. The number of amides is 1. The highest BCUT2D eigenvalue weighted by Crippen LogP contribution is 2.22. The summed E-state index contributed by atoms with van der Waals surface area (Å²) in [5.41, 5.74) is 2.46. The summed E-state index contributed by atoms with van der Waals surface area (Å²) in [6, 6.07) is 14.3. The number of sulfonamides is 1. The number of hydrogen-bond donors (Lipinski definition) is 0. The number of rotatable bonds is 7. The van der Waals surface area contributed by atoms with E-state index in [0.29, 0.717) is 11.4 Å². The maximum Gasteiger partial charge on any atom is 0.357 e. The molecule has 1 fully saturated rings. The normalized spacial score (nSPS) is 15.0. The third-order valence-electron chi connectivity index (χ3n) is 6.03. The second kappa shape index (κ2) is 11.0. The molecule has 1 aliphatic rings. The summed E-state index contributed by atoms with van der Waals surface area (Å²) >= 11 is 0. The molecular weight excluding hydrogens is 496 g/mol. The van der Waals surface area contributed by atoms with E-state index in [0.717, 1.165) is 11.1 Å². The molecule has 0 saturated carbocycles. The van der Waals surface area contributed by atoms with Crippen LogP contribution in [0.5, 0.6) is 0 Å². The maximum atomic E-state index is 13.1. The number of nitrogens with zero attached hydrogens (tertiary/aromatic N) is 6. The van der Waals surface area contributed by atoms with Gasteiger partial charge in [-0.05, 0) is 54.5 Å². The zero-order chi connectivity index (χ0) is 26.6. The van der Waals surface area contributed by atoms with Gasteiger partial charge in [0.25, 0.3) is 5.91 Å². The lowest BCUT2D eigenvalue weighted by Gasteiger charge is -2.34. The Labute approximate surface area is 215 Å². The molecule has 37 heavy (non-hydrogen) atoms. The monoisotopic (exact) mass is 524 g/mol. The molecule has 0 spiro atoms. The van der Waals surface area contributed by atoms with Gasteiger partial charge in [0.15, 0.2) is 18.1 Å². The fraction of sp³-hybridized carbons (Fsp3) is 0.320. The molecule has 4 rings (SSSR count). The van der Waals surface area contributed by atoms with Gasteiger partial charge in [0.2, 0.25) is 10.0 Å². The lowest BCUT2D eigenvalue weighted by atomic mass is 10.2. The van der Waals surface area contributed by atoms with Gasteiger partial charge in [-0.25, -0.2) is 13.2 Å². The van der Waals surface area contributed by atoms with Gasteiger partial charge in [-0.15, -0.1) is 5.10 Å². The summed E-state index contributed by atoms with van der Waals surface area (Å²) in [6.07, 6.45) is 1.58. The summed E-state index contributed by atoms with van der Waals surface area (Å²) in [7, 11) is -3.67. The Kier molecular flexibility index (Phi) is 7.79. The van der Waals surface area contributed by atoms with Crippen LogP contribution in [0.3, 0.4) is 0 Å². The van der Waals surface area contributed by atoms with Crippen molar-refractivity contribution in [2.45, 2.75) is 25.7 Å². The van der Waals surface area contributed by atoms with Crippen molar-refractivity contribution >= 4 is 33.7 Å². The third-order valence-corrected chi connectivity index (χ3v) is 8.09. The van der Waals surface area contributed by atoms with E-state index in [1.807, 2.05) is 43.3 Å². The number of aromatic nitrogens is 4. The highest BCUT2D eigenvalue weighted by atomic mass is 32.2. The summed E-state index contributed by atoms with van der Waals surface area (Å²) in [5, 5.41) is 11.2. The molecule has 0 atom stereocenters. The Hall–Kier alpha value is -3.90. The van der Waals surface area contributed by atoms with Crippen LogP contribution in [0.4, 0.5) is 0 Å². The minimum absolute atomic E-state index is 0.0610. The molecule has 12 heteroatoms. The van der Waals surface area contributed by atoms with Crippen LogP contribution in [0.2, 0.25) is 0 Å². The summed E-state index contributed by atoms with van der Waals surface area (Å²) in [5.74, 6) is -0.792. The van der Waals surface area contributed by atoms with Crippen LogP contribution < -0.4 is 0 Å². The molecule has 1 saturated heterocycles. The van der Waals surface area contributed by atoms with Crippen LogP contribution in [0.25, 0.3) is 11.8 Å². The SMILES string of the molecule is Cc1ccc(S(=O)(=O)N2CCN(C(=O)COC(=O)/C(=C\c3ccccc3)n3nnnc3C)CC2)c(C)c1. The number of benzene rings is 2. The second-order valence-corrected chi connectivity index (χ2v) is 10.6. The predicted molar refractivity (Wildman–Crippen MR) is 135 cm³/mol. The largest absolute Gasteiger partial charge is 0.451 e. The average molecular weight is 525 g/mol. The highest BCUT2D eigenvalue weighted by Gasteiger charge is 2.31. The molecule has 1 amide bonds. The Morgan fingerprint density at radius 1 is 1.00 bits per heavy atom. The van der Waals surface area contributed by atoms with E-state index in [4.69, 9.17) is 4.74 Å². The Morgan fingerprint density at radius 3 is 2.32 bits per heavy atom. The van der Waals surface area contributed by atoms with Crippen molar-refractivity contribution in [1.29, 1.82) is 0 Å². The number of carbonyl (C=O) groups is 2. The Balaban J connectivity index is 1.38. The molecule has 1 aromatic heterocycles. The first-order valence-corrected chi connectivity index (χ1v) is 13.2. The first-order chi connectivity index (χ1) is 17.7. The number of hydrogen-bond acceptors (Lipinski definition) is 8. The van der Waals surface area contributed by atoms with Crippen molar-refractivity contribution in [2.75, 3.05) is 32.8 Å². The highest BCUT2D eigenvalue weighted by molar-refractivity contribution is 7.89. The lowest BCUT2D eigenvalue weighted by molar-refractivity contribution is -0.148. The van der Waals surface area contributed by atoms with E-state index in [1.165, 1.54) is 13.9 Å². The van der Waals surface area contributed by atoms with E-state index in [-0.39, 0.29) is 36.8 Å². The first kappa shape index (κ1) is 26.2. The standard InChI is InChI=1S/C25H28N6O5S/c1-18-9-10-23(19(2)15-18)37(34,35)30-13-11-29(12-14-30)24(32)17-36-25(33)22(31-20(3)26-27-28-31)16-21-7-5-4-6-8-21/h4-10,15-16H,11-14,17H2,1-3H3/b22-16+. The fourth-order valence-electron chi connectivity index (χ4n) is 4.07. The topological polar surface area (TPSA) is 128 Å². The van der Waals surface area contributed by atoms with Gasteiger partial charge in [-0.1, -0.05) is 48.0 Å². The van der Waals surface area contributed by atoms with Crippen molar-refractivity contribution in [3.05, 3.63) is 71.0 Å². The van der Waals surface area contributed by atoms with Crippen molar-refractivity contribution in [3.8, 4) is 0 Å².